The number of benzene rings is 2. The lowest BCUT2D eigenvalue weighted by Gasteiger charge is -2.44. The first-order valence-corrected chi connectivity index (χ1v) is 11.2. The molecular formula is C25H32N2O4. The second-order valence-electron chi connectivity index (χ2n) is 7.92. The molecule has 0 amide bonds. The molecule has 0 N–H and O–H groups in total. The summed E-state index contributed by atoms with van der Waals surface area (Å²) in [5.74, 6) is 0.931. The molecule has 2 aliphatic rings. The fourth-order valence-corrected chi connectivity index (χ4v) is 4.52. The van der Waals surface area contributed by atoms with Crippen LogP contribution in [0.2, 0.25) is 0 Å². The number of ketones is 1. The molecule has 6 heteroatoms. The van der Waals surface area contributed by atoms with E-state index in [0.29, 0.717) is 38.6 Å². The topological polar surface area (TPSA) is 51.2 Å². The van der Waals surface area contributed by atoms with Crippen LogP contribution in [-0.4, -0.2) is 80.8 Å². The number of hydrogen-bond donors (Lipinski definition) is 0. The Hall–Kier alpha value is -2.25. The molecule has 4 rings (SSSR count). The summed E-state index contributed by atoms with van der Waals surface area (Å²) in [4.78, 5) is 18.7. The van der Waals surface area contributed by atoms with Crippen molar-refractivity contribution in [3.05, 3.63) is 65.7 Å². The van der Waals surface area contributed by atoms with Crippen LogP contribution in [-0.2, 0) is 9.47 Å². The minimum Gasteiger partial charge on any atom is -0.494 e. The molecule has 31 heavy (non-hydrogen) atoms. The Morgan fingerprint density at radius 3 is 2.03 bits per heavy atom. The zero-order chi connectivity index (χ0) is 21.5. The second kappa shape index (κ2) is 10.9. The van der Waals surface area contributed by atoms with Crippen molar-refractivity contribution in [2.24, 2.45) is 0 Å². The van der Waals surface area contributed by atoms with E-state index in [1.165, 1.54) is 5.56 Å². The van der Waals surface area contributed by atoms with Crippen molar-refractivity contribution in [3.63, 3.8) is 0 Å². The summed E-state index contributed by atoms with van der Waals surface area (Å²) in [6.45, 7) is 8.38. The fourth-order valence-electron chi connectivity index (χ4n) is 4.52. The van der Waals surface area contributed by atoms with Crippen LogP contribution in [0.5, 0.6) is 5.75 Å². The third-order valence-corrected chi connectivity index (χ3v) is 6.04. The van der Waals surface area contributed by atoms with E-state index in [1.54, 1.807) is 0 Å². The molecule has 0 unspecified atom stereocenters. The Kier molecular flexibility index (Phi) is 7.70. The summed E-state index contributed by atoms with van der Waals surface area (Å²) in [6.07, 6.45) is 0. The first kappa shape index (κ1) is 22.0. The van der Waals surface area contributed by atoms with Gasteiger partial charge in [0, 0.05) is 31.7 Å². The van der Waals surface area contributed by atoms with E-state index in [2.05, 4.69) is 34.1 Å². The summed E-state index contributed by atoms with van der Waals surface area (Å²) >= 11 is 0. The molecular weight excluding hydrogens is 392 g/mol. The smallest absolute Gasteiger partial charge is 0.181 e. The maximum atomic E-state index is 14.0. The largest absolute Gasteiger partial charge is 0.494 e. The molecule has 0 aromatic heterocycles. The van der Waals surface area contributed by atoms with Gasteiger partial charge >= 0.3 is 0 Å². The normalized spacial score (nSPS) is 20.2. The molecule has 0 spiro atoms. The average molecular weight is 425 g/mol. The molecule has 2 heterocycles. The van der Waals surface area contributed by atoms with Gasteiger partial charge in [-0.2, -0.15) is 0 Å². The molecule has 166 valence electrons. The SMILES string of the molecule is CCOc1ccc(C(=O)[C@H]([C@@H](c2ccccc2)N2CCOCC2)N2CCOCC2)cc1. The standard InChI is InChI=1S/C25H32N2O4/c1-2-31-22-10-8-21(9-11-22)25(28)24(27-14-18-30-19-15-27)23(20-6-4-3-5-7-20)26-12-16-29-17-13-26/h3-11,23-24H,2,12-19H2,1H3/t23-,24+/m1/s1. The predicted octanol–water partition coefficient (Wildman–Crippen LogP) is 3.04. The van der Waals surface area contributed by atoms with Gasteiger partial charge in [0.05, 0.1) is 45.1 Å². The van der Waals surface area contributed by atoms with E-state index < -0.39 is 0 Å². The minimum atomic E-state index is -0.289. The molecule has 2 aromatic carbocycles. The zero-order valence-corrected chi connectivity index (χ0v) is 18.2. The van der Waals surface area contributed by atoms with Crippen molar-refractivity contribution in [1.82, 2.24) is 9.80 Å². The highest BCUT2D eigenvalue weighted by Crippen LogP contribution is 2.31. The van der Waals surface area contributed by atoms with Gasteiger partial charge in [-0.1, -0.05) is 30.3 Å². The first-order valence-electron chi connectivity index (χ1n) is 11.2. The summed E-state index contributed by atoms with van der Waals surface area (Å²) in [6, 6.07) is 17.6. The van der Waals surface area contributed by atoms with Gasteiger partial charge in [-0.15, -0.1) is 0 Å². The summed E-state index contributed by atoms with van der Waals surface area (Å²) < 4.78 is 16.8. The second-order valence-corrected chi connectivity index (χ2v) is 7.92. The molecule has 0 radical (unpaired) electrons. The maximum Gasteiger partial charge on any atom is 0.181 e. The lowest BCUT2D eigenvalue weighted by Crippen LogP contribution is -2.55. The number of ether oxygens (including phenoxy) is 3. The molecule has 6 nitrogen and oxygen atoms in total. The van der Waals surface area contributed by atoms with Gasteiger partial charge in [-0.05, 0) is 36.8 Å². The molecule has 2 saturated heterocycles. The Morgan fingerprint density at radius 2 is 1.45 bits per heavy atom. The average Bonchev–Trinajstić information content (AvgIpc) is 2.84. The van der Waals surface area contributed by atoms with Gasteiger partial charge in [0.15, 0.2) is 5.78 Å². The number of hydrogen-bond acceptors (Lipinski definition) is 6. The fraction of sp³-hybridized carbons (Fsp3) is 0.480. The number of morpholine rings is 2. The Bertz CT molecular complexity index is 815. The highest BCUT2D eigenvalue weighted by atomic mass is 16.5. The predicted molar refractivity (Wildman–Crippen MR) is 120 cm³/mol. The van der Waals surface area contributed by atoms with Crippen LogP contribution in [0.1, 0.15) is 28.9 Å². The highest BCUT2D eigenvalue weighted by Gasteiger charge is 2.39. The summed E-state index contributed by atoms with van der Waals surface area (Å²) in [5.41, 5.74) is 1.88. The number of nitrogens with zero attached hydrogens (tertiary/aromatic N) is 2. The molecule has 0 saturated carbocycles. The van der Waals surface area contributed by atoms with Gasteiger partial charge in [-0.25, -0.2) is 0 Å². The Labute approximate surface area is 184 Å². The quantitative estimate of drug-likeness (QED) is 0.607. The van der Waals surface area contributed by atoms with Crippen LogP contribution in [0.4, 0.5) is 0 Å². The number of rotatable bonds is 8. The molecule has 0 bridgehead atoms. The van der Waals surface area contributed by atoms with E-state index >= 15 is 0 Å². The van der Waals surface area contributed by atoms with Crippen LogP contribution < -0.4 is 4.74 Å². The Balaban J connectivity index is 1.71. The van der Waals surface area contributed by atoms with Crippen molar-refractivity contribution < 1.29 is 19.0 Å². The van der Waals surface area contributed by atoms with Crippen molar-refractivity contribution in [3.8, 4) is 5.75 Å². The molecule has 0 aliphatic carbocycles. The first-order chi connectivity index (χ1) is 15.3. The molecule has 2 aliphatic heterocycles. The summed E-state index contributed by atoms with van der Waals surface area (Å²) in [5, 5.41) is 0. The van der Waals surface area contributed by atoms with Crippen LogP contribution >= 0.6 is 0 Å². The maximum absolute atomic E-state index is 14.0. The molecule has 2 fully saturated rings. The third kappa shape index (κ3) is 5.33. The van der Waals surface area contributed by atoms with Crippen molar-refractivity contribution in [2.45, 2.75) is 19.0 Å². The highest BCUT2D eigenvalue weighted by molar-refractivity contribution is 6.00. The van der Waals surface area contributed by atoms with Gasteiger partial charge in [0.2, 0.25) is 0 Å². The van der Waals surface area contributed by atoms with Crippen molar-refractivity contribution in [1.29, 1.82) is 0 Å². The Morgan fingerprint density at radius 1 is 0.871 bits per heavy atom. The van der Waals surface area contributed by atoms with E-state index in [4.69, 9.17) is 14.2 Å². The van der Waals surface area contributed by atoms with Gasteiger partial charge in [-0.3, -0.25) is 14.6 Å². The van der Waals surface area contributed by atoms with Crippen molar-refractivity contribution in [2.75, 3.05) is 59.2 Å². The van der Waals surface area contributed by atoms with E-state index in [1.807, 2.05) is 37.3 Å². The number of carbonyl (C=O) groups is 1. The van der Waals surface area contributed by atoms with Crippen LogP contribution in [0.3, 0.4) is 0 Å². The van der Waals surface area contributed by atoms with Gasteiger partial charge in [0.1, 0.15) is 5.75 Å². The van der Waals surface area contributed by atoms with E-state index in [9.17, 15) is 4.79 Å². The van der Waals surface area contributed by atoms with Gasteiger partial charge in [0.25, 0.3) is 0 Å². The van der Waals surface area contributed by atoms with E-state index in [0.717, 1.165) is 31.9 Å². The van der Waals surface area contributed by atoms with Gasteiger partial charge < -0.3 is 14.2 Å². The monoisotopic (exact) mass is 424 g/mol. The minimum absolute atomic E-state index is 0.0396. The van der Waals surface area contributed by atoms with E-state index in [-0.39, 0.29) is 17.9 Å². The summed E-state index contributed by atoms with van der Waals surface area (Å²) in [7, 11) is 0. The van der Waals surface area contributed by atoms with Crippen LogP contribution in [0.25, 0.3) is 0 Å². The molecule has 2 atom stereocenters. The third-order valence-electron chi connectivity index (χ3n) is 6.04. The number of carbonyl (C=O) groups excluding carboxylic acids is 1. The zero-order valence-electron chi connectivity index (χ0n) is 18.2. The lowest BCUT2D eigenvalue weighted by atomic mass is 9.89. The van der Waals surface area contributed by atoms with Crippen LogP contribution in [0.15, 0.2) is 54.6 Å². The molecule has 2 aromatic rings. The van der Waals surface area contributed by atoms with Crippen molar-refractivity contribution >= 4 is 5.78 Å². The van der Waals surface area contributed by atoms with Crippen LogP contribution in [0, 0.1) is 0 Å². The lowest BCUT2D eigenvalue weighted by molar-refractivity contribution is -0.0301. The number of Topliss-reactive ketones (excluding diaryl/α,β-unsaturated/α-hetero) is 1.